The monoisotopic (exact) mass is 740 g/mol. The highest BCUT2D eigenvalue weighted by molar-refractivity contribution is 5.96. The Morgan fingerprint density at radius 1 is 1.04 bits per heavy atom. The summed E-state index contributed by atoms with van der Waals surface area (Å²) in [7, 11) is 2.88. The third-order valence-electron chi connectivity index (χ3n) is 9.80. The summed E-state index contributed by atoms with van der Waals surface area (Å²) in [5.41, 5.74) is 0.208. The quantitative estimate of drug-likeness (QED) is 0.0953. The number of aromatic nitrogens is 1. The van der Waals surface area contributed by atoms with Crippen molar-refractivity contribution in [3.8, 4) is 22.8 Å². The number of benzene rings is 2. The Morgan fingerprint density at radius 2 is 1.78 bits per heavy atom. The smallest absolute Gasteiger partial charge is 0.408 e. The van der Waals surface area contributed by atoms with E-state index >= 15 is 0 Å². The molecule has 1 aliphatic carbocycles. The van der Waals surface area contributed by atoms with Crippen LogP contribution in [-0.2, 0) is 23.9 Å². The number of fused-ring (bicyclic) bond motifs is 1. The number of alkyl carbamates (subject to hydrolysis) is 1. The molecule has 2 aliphatic rings. The average Bonchev–Trinajstić information content (AvgIpc) is 3.68. The van der Waals surface area contributed by atoms with Gasteiger partial charge in [-0.05, 0) is 77.3 Å². The third-order valence-corrected chi connectivity index (χ3v) is 9.80. The fourth-order valence-electron chi connectivity index (χ4n) is 7.02. The van der Waals surface area contributed by atoms with Crippen LogP contribution >= 0.6 is 0 Å². The van der Waals surface area contributed by atoms with Gasteiger partial charge in [0.15, 0.2) is 0 Å². The van der Waals surface area contributed by atoms with Gasteiger partial charge >= 0.3 is 12.1 Å². The van der Waals surface area contributed by atoms with E-state index in [0.29, 0.717) is 54.8 Å². The molecule has 5 atom stereocenters. The summed E-state index contributed by atoms with van der Waals surface area (Å²) < 4.78 is 22.8. The molecule has 0 bridgehead atoms. The summed E-state index contributed by atoms with van der Waals surface area (Å²) in [4.78, 5) is 61.3. The lowest BCUT2D eigenvalue weighted by Crippen LogP contribution is -2.56. The molecule has 2 heterocycles. The zero-order chi connectivity index (χ0) is 39.0. The first-order valence-corrected chi connectivity index (χ1v) is 18.5. The SMILES string of the molecule is C=CCCC[C@H](NC(=O)OC(C)(C)C)C(=O)N1C[C@H](Oc2cc(-c3ccccc3)nc3cc(OC)ccc23)C[C@H]1C(=O)N[C@]1(C(=O)OC)CC1CCC=C. The molecule has 288 valence electrons. The van der Waals surface area contributed by atoms with Crippen molar-refractivity contribution in [2.45, 2.75) is 95.0 Å². The van der Waals surface area contributed by atoms with Crippen molar-refractivity contribution in [1.82, 2.24) is 20.5 Å². The molecule has 1 aliphatic heterocycles. The number of esters is 1. The van der Waals surface area contributed by atoms with Crippen LogP contribution in [-0.4, -0.2) is 83.9 Å². The molecule has 5 rings (SSSR count). The molecule has 1 saturated carbocycles. The van der Waals surface area contributed by atoms with Crippen molar-refractivity contribution < 1.29 is 38.1 Å². The normalized spacial score (nSPS) is 21.1. The van der Waals surface area contributed by atoms with Gasteiger partial charge in [0, 0.05) is 29.5 Å². The molecule has 2 aromatic carbocycles. The lowest BCUT2D eigenvalue weighted by Gasteiger charge is -2.30. The Balaban J connectivity index is 1.49. The van der Waals surface area contributed by atoms with Crippen LogP contribution in [0.4, 0.5) is 4.79 Å². The highest BCUT2D eigenvalue weighted by atomic mass is 16.6. The van der Waals surface area contributed by atoms with E-state index in [0.717, 1.165) is 10.9 Å². The number of pyridine rings is 1. The molecule has 0 radical (unpaired) electrons. The molecule has 1 saturated heterocycles. The maximum absolute atomic E-state index is 14.5. The highest BCUT2D eigenvalue weighted by Gasteiger charge is 2.62. The molecule has 2 N–H and O–H groups in total. The van der Waals surface area contributed by atoms with Gasteiger partial charge in [-0.3, -0.25) is 9.59 Å². The summed E-state index contributed by atoms with van der Waals surface area (Å²) in [6.45, 7) is 12.8. The van der Waals surface area contributed by atoms with Crippen LogP contribution in [0.1, 0.15) is 65.7 Å². The van der Waals surface area contributed by atoms with E-state index in [1.807, 2.05) is 54.6 Å². The topological polar surface area (TPSA) is 145 Å². The van der Waals surface area contributed by atoms with Crippen LogP contribution in [0.25, 0.3) is 22.2 Å². The number of ether oxygens (including phenoxy) is 4. The number of likely N-dealkylation sites (tertiary alicyclic amines) is 1. The fourth-order valence-corrected chi connectivity index (χ4v) is 7.02. The minimum atomic E-state index is -1.20. The molecule has 3 amide bonds. The molecule has 1 aromatic heterocycles. The van der Waals surface area contributed by atoms with Gasteiger partial charge in [-0.15, -0.1) is 13.2 Å². The first-order valence-electron chi connectivity index (χ1n) is 18.5. The Bertz CT molecular complexity index is 1860. The number of methoxy groups -OCH3 is 2. The maximum atomic E-state index is 14.5. The van der Waals surface area contributed by atoms with Crippen molar-refractivity contribution in [3.05, 3.63) is 79.9 Å². The van der Waals surface area contributed by atoms with E-state index in [1.54, 1.807) is 40.0 Å². The van der Waals surface area contributed by atoms with Crippen molar-refractivity contribution in [3.63, 3.8) is 0 Å². The van der Waals surface area contributed by atoms with Crippen LogP contribution < -0.4 is 20.1 Å². The van der Waals surface area contributed by atoms with Gasteiger partial charge in [0.25, 0.3) is 0 Å². The number of carbonyl (C=O) groups excluding carboxylic acids is 4. The predicted octanol–water partition coefficient (Wildman–Crippen LogP) is 6.52. The van der Waals surface area contributed by atoms with Crippen LogP contribution in [0.5, 0.6) is 11.5 Å². The van der Waals surface area contributed by atoms with Crippen molar-refractivity contribution in [1.29, 1.82) is 0 Å². The Hall–Kier alpha value is -5.39. The number of allylic oxidation sites excluding steroid dienone is 2. The van der Waals surface area contributed by atoms with Gasteiger partial charge in [-0.25, -0.2) is 14.6 Å². The van der Waals surface area contributed by atoms with Gasteiger partial charge in [-0.1, -0.05) is 42.5 Å². The second-order valence-electron chi connectivity index (χ2n) is 14.9. The first-order chi connectivity index (χ1) is 25.8. The highest BCUT2D eigenvalue weighted by Crippen LogP contribution is 2.48. The molecule has 2 fully saturated rings. The second-order valence-corrected chi connectivity index (χ2v) is 14.9. The van der Waals surface area contributed by atoms with Crippen LogP contribution in [0.15, 0.2) is 79.9 Å². The molecular weight excluding hydrogens is 688 g/mol. The molecule has 0 spiro atoms. The van der Waals surface area contributed by atoms with E-state index < -0.39 is 53.2 Å². The average molecular weight is 741 g/mol. The summed E-state index contributed by atoms with van der Waals surface area (Å²) in [5, 5.41) is 6.45. The summed E-state index contributed by atoms with van der Waals surface area (Å²) >= 11 is 0. The third kappa shape index (κ3) is 9.39. The molecule has 12 heteroatoms. The van der Waals surface area contributed by atoms with Gasteiger partial charge in [0.2, 0.25) is 11.8 Å². The maximum Gasteiger partial charge on any atom is 0.408 e. The van der Waals surface area contributed by atoms with E-state index in [-0.39, 0.29) is 25.3 Å². The number of hydrogen-bond donors (Lipinski definition) is 2. The number of unbranched alkanes of at least 4 members (excludes halogenated alkanes) is 1. The second kappa shape index (κ2) is 17.2. The number of carbonyl (C=O) groups is 4. The predicted molar refractivity (Wildman–Crippen MR) is 206 cm³/mol. The van der Waals surface area contributed by atoms with Crippen molar-refractivity contribution in [2.75, 3.05) is 20.8 Å². The fraction of sp³-hybridized carbons (Fsp3) is 0.452. The first kappa shape index (κ1) is 39.8. The van der Waals surface area contributed by atoms with Crippen LogP contribution in [0.3, 0.4) is 0 Å². The van der Waals surface area contributed by atoms with E-state index in [9.17, 15) is 19.2 Å². The Labute approximate surface area is 317 Å². The number of nitrogens with one attached hydrogen (secondary N) is 2. The number of nitrogens with zero attached hydrogens (tertiary/aromatic N) is 2. The van der Waals surface area contributed by atoms with Crippen molar-refractivity contribution >= 4 is 34.8 Å². The standard InChI is InChI=1S/C42H52N4O8/c1-8-10-13-19-32(44-40(50)54-41(3,4)5)38(48)46-26-30(23-35(46)37(47)45-42(39(49)52-7)25-28(42)18-11-9-2)53-36-24-33(27-16-14-12-15-17-27)43-34-22-29(51-6)20-21-31(34)36/h8-9,12,14-17,20-22,24,28,30,32,35H,1-2,10-11,13,18-19,23,25-26H2,3-7H3,(H,44,50)(H,45,47)/t28?,30-,32+,35+,42-/m1/s1. The summed E-state index contributed by atoms with van der Waals surface area (Å²) in [6.07, 6.45) is 5.45. The summed E-state index contributed by atoms with van der Waals surface area (Å²) in [5.74, 6) is -0.483. The molecule has 54 heavy (non-hydrogen) atoms. The zero-order valence-corrected chi connectivity index (χ0v) is 31.9. The lowest BCUT2D eigenvalue weighted by molar-refractivity contribution is -0.148. The Morgan fingerprint density at radius 3 is 2.44 bits per heavy atom. The number of rotatable bonds is 16. The van der Waals surface area contributed by atoms with Gasteiger partial charge in [0.1, 0.15) is 40.8 Å². The lowest BCUT2D eigenvalue weighted by atomic mass is 10.1. The van der Waals surface area contributed by atoms with Gasteiger partial charge in [0.05, 0.1) is 32.0 Å². The van der Waals surface area contributed by atoms with Crippen LogP contribution in [0.2, 0.25) is 0 Å². The van der Waals surface area contributed by atoms with E-state index in [2.05, 4.69) is 23.8 Å². The minimum Gasteiger partial charge on any atom is -0.497 e. The molecule has 12 nitrogen and oxygen atoms in total. The minimum absolute atomic E-state index is 0.0383. The van der Waals surface area contributed by atoms with Gasteiger partial charge in [-0.2, -0.15) is 0 Å². The van der Waals surface area contributed by atoms with Gasteiger partial charge < -0.3 is 34.5 Å². The van der Waals surface area contributed by atoms with E-state index in [4.69, 9.17) is 23.9 Å². The number of hydrogen-bond acceptors (Lipinski definition) is 9. The van der Waals surface area contributed by atoms with E-state index in [1.165, 1.54) is 12.0 Å². The Kier molecular flexibility index (Phi) is 12.7. The molecular formula is C42H52N4O8. The molecule has 1 unspecified atom stereocenters. The molecule has 3 aromatic rings. The largest absolute Gasteiger partial charge is 0.497 e. The van der Waals surface area contributed by atoms with Crippen molar-refractivity contribution in [2.24, 2.45) is 5.92 Å². The van der Waals surface area contributed by atoms with Crippen LogP contribution in [0, 0.1) is 5.92 Å². The summed E-state index contributed by atoms with van der Waals surface area (Å²) in [6, 6.07) is 15.0. The zero-order valence-electron chi connectivity index (χ0n) is 31.9. The number of amides is 3.